The van der Waals surface area contributed by atoms with Crippen LogP contribution in [0.5, 0.6) is 0 Å². The molecule has 2 aliphatic rings. The van der Waals surface area contributed by atoms with Gasteiger partial charge in [0.25, 0.3) is 0 Å². The zero-order valence-corrected chi connectivity index (χ0v) is 20.9. The number of carboxylic acid groups (broad SMARTS) is 1. The topological polar surface area (TPSA) is 111 Å². The Bertz CT molecular complexity index is 1080. The van der Waals surface area contributed by atoms with Gasteiger partial charge in [-0.3, -0.25) is 9.69 Å². The molecule has 4 rings (SSSR count). The van der Waals surface area contributed by atoms with Crippen LogP contribution in [0.25, 0.3) is 5.65 Å². The molecule has 0 radical (unpaired) electrons. The number of likely N-dealkylation sites (tertiary alicyclic amines) is 1. The normalized spacial score (nSPS) is 27.1. The molecule has 1 aliphatic heterocycles. The summed E-state index contributed by atoms with van der Waals surface area (Å²) in [7, 11) is 0. The molecule has 0 aromatic carbocycles. The summed E-state index contributed by atoms with van der Waals surface area (Å²) in [6.45, 7) is 7.55. The lowest BCUT2D eigenvalue weighted by atomic mass is 9.69. The third kappa shape index (κ3) is 4.98. The number of pyridine rings is 1. The number of carbonyl (C=O) groups is 2. The highest BCUT2D eigenvalue weighted by atomic mass is 19.1. The van der Waals surface area contributed by atoms with Gasteiger partial charge >= 0.3 is 6.09 Å². The molecular formula is C25H36FN5O4. The number of carbonyl (C=O) groups excluding carboxylic acids is 1. The van der Waals surface area contributed by atoms with Crippen LogP contribution >= 0.6 is 0 Å². The van der Waals surface area contributed by atoms with E-state index in [1.807, 2.05) is 19.1 Å². The lowest BCUT2D eigenvalue weighted by molar-refractivity contribution is -0.141. The van der Waals surface area contributed by atoms with Crippen LogP contribution < -0.4 is 0 Å². The fraction of sp³-hybridized carbons (Fsp3) is 0.680. The van der Waals surface area contributed by atoms with Crippen LogP contribution in [-0.4, -0.2) is 77.5 Å². The summed E-state index contributed by atoms with van der Waals surface area (Å²) in [5.74, 6) is -0.585. The van der Waals surface area contributed by atoms with Crippen LogP contribution in [0.1, 0.15) is 65.4 Å². The van der Waals surface area contributed by atoms with Gasteiger partial charge in [-0.25, -0.2) is 18.7 Å². The molecule has 3 heterocycles. The van der Waals surface area contributed by atoms with Gasteiger partial charge in [0.2, 0.25) is 5.91 Å². The summed E-state index contributed by atoms with van der Waals surface area (Å²) < 4.78 is 15.5. The quantitative estimate of drug-likeness (QED) is 0.665. The first kappa shape index (κ1) is 25.3. The Labute approximate surface area is 204 Å². The molecule has 9 nitrogen and oxygen atoms in total. The van der Waals surface area contributed by atoms with Crippen molar-refractivity contribution in [1.82, 2.24) is 24.4 Å². The third-order valence-corrected chi connectivity index (χ3v) is 7.81. The molecular weight excluding hydrogens is 453 g/mol. The van der Waals surface area contributed by atoms with Crippen LogP contribution in [0, 0.1) is 11.8 Å². The maximum atomic E-state index is 13.9. The summed E-state index contributed by atoms with van der Waals surface area (Å²) in [6.07, 6.45) is 3.56. The lowest BCUT2D eigenvalue weighted by Crippen LogP contribution is -2.60. The van der Waals surface area contributed by atoms with E-state index in [1.165, 1.54) is 16.1 Å². The van der Waals surface area contributed by atoms with Gasteiger partial charge in [0.1, 0.15) is 18.5 Å². The maximum absolute atomic E-state index is 13.9. The van der Waals surface area contributed by atoms with Gasteiger partial charge in [-0.1, -0.05) is 13.0 Å². The molecule has 0 bridgehead atoms. The fourth-order valence-corrected chi connectivity index (χ4v) is 5.78. The Balaban J connectivity index is 1.55. The number of aromatic nitrogens is 3. The fourth-order valence-electron chi connectivity index (χ4n) is 5.78. The van der Waals surface area contributed by atoms with E-state index in [0.717, 1.165) is 5.56 Å². The van der Waals surface area contributed by atoms with Gasteiger partial charge in [0.05, 0.1) is 12.1 Å². The molecule has 2 aromatic rings. The van der Waals surface area contributed by atoms with Crippen molar-refractivity contribution in [2.24, 2.45) is 11.8 Å². The predicted molar refractivity (Wildman–Crippen MR) is 128 cm³/mol. The molecule has 3 atom stereocenters. The summed E-state index contributed by atoms with van der Waals surface area (Å²) in [6, 6.07) is 2.78. The highest BCUT2D eigenvalue weighted by Gasteiger charge is 2.47. The van der Waals surface area contributed by atoms with Crippen molar-refractivity contribution in [1.29, 1.82) is 0 Å². The number of amides is 2. The molecule has 0 unspecified atom stereocenters. The minimum absolute atomic E-state index is 0.00877. The molecule has 1 saturated carbocycles. The first-order valence-corrected chi connectivity index (χ1v) is 12.4. The first-order chi connectivity index (χ1) is 16.4. The van der Waals surface area contributed by atoms with Gasteiger partial charge in [-0.2, -0.15) is 5.10 Å². The van der Waals surface area contributed by atoms with Gasteiger partial charge in [0, 0.05) is 23.8 Å². The average Bonchev–Trinajstić information content (AvgIpc) is 3.44. The van der Waals surface area contributed by atoms with Crippen LogP contribution in [0.2, 0.25) is 0 Å². The van der Waals surface area contributed by atoms with E-state index in [2.05, 4.69) is 10.1 Å². The minimum Gasteiger partial charge on any atom is -0.465 e. The van der Waals surface area contributed by atoms with Crippen molar-refractivity contribution in [3.8, 4) is 0 Å². The average molecular weight is 490 g/mol. The summed E-state index contributed by atoms with van der Waals surface area (Å²) in [4.78, 5) is 32.8. The van der Waals surface area contributed by atoms with Gasteiger partial charge in [-0.15, -0.1) is 0 Å². The zero-order valence-electron chi connectivity index (χ0n) is 20.9. The van der Waals surface area contributed by atoms with Crippen LogP contribution in [0.15, 0.2) is 24.7 Å². The first-order valence-electron chi connectivity index (χ1n) is 12.4. The third-order valence-electron chi connectivity index (χ3n) is 7.81. The Morgan fingerprint density at radius 3 is 2.49 bits per heavy atom. The van der Waals surface area contributed by atoms with E-state index in [4.69, 9.17) is 0 Å². The Hall–Kier alpha value is -2.75. The maximum Gasteiger partial charge on any atom is 0.408 e. The smallest absolute Gasteiger partial charge is 0.408 e. The van der Waals surface area contributed by atoms with Gasteiger partial charge < -0.3 is 15.1 Å². The van der Waals surface area contributed by atoms with E-state index in [1.54, 1.807) is 31.5 Å². The Morgan fingerprint density at radius 1 is 1.23 bits per heavy atom. The van der Waals surface area contributed by atoms with Crippen LogP contribution in [0.4, 0.5) is 9.18 Å². The largest absolute Gasteiger partial charge is 0.465 e. The SMILES string of the molecule is C[C@H](C1CCC(O)(c2ccc3ncnn3c2)CC1)[C@@H](C(=O)N1CC[C@H](F)C1)N(C(=O)O)C(C)(C)C. The molecule has 1 saturated heterocycles. The summed E-state index contributed by atoms with van der Waals surface area (Å²) in [5.41, 5.74) is -0.364. The highest BCUT2D eigenvalue weighted by Crippen LogP contribution is 2.44. The van der Waals surface area contributed by atoms with E-state index in [9.17, 15) is 24.2 Å². The second-order valence-corrected chi connectivity index (χ2v) is 11.1. The van der Waals surface area contributed by atoms with Gasteiger partial charge in [-0.05, 0) is 70.8 Å². The number of nitrogens with zero attached hydrogens (tertiary/aromatic N) is 5. The molecule has 0 spiro atoms. The number of halogens is 1. The molecule has 2 N–H and O–H groups in total. The molecule has 2 fully saturated rings. The number of hydrogen-bond donors (Lipinski definition) is 2. The van der Waals surface area contributed by atoms with E-state index in [0.29, 0.717) is 37.9 Å². The van der Waals surface area contributed by atoms with Crippen molar-refractivity contribution in [3.05, 3.63) is 30.2 Å². The predicted octanol–water partition coefficient (Wildman–Crippen LogP) is 3.46. The monoisotopic (exact) mass is 489 g/mol. The van der Waals surface area contributed by atoms with Crippen molar-refractivity contribution in [2.75, 3.05) is 13.1 Å². The van der Waals surface area contributed by atoms with Crippen molar-refractivity contribution < 1.29 is 24.2 Å². The van der Waals surface area contributed by atoms with Crippen molar-refractivity contribution in [3.63, 3.8) is 0 Å². The number of alkyl halides is 1. The Morgan fingerprint density at radius 2 is 1.91 bits per heavy atom. The molecule has 2 amide bonds. The van der Waals surface area contributed by atoms with Crippen LogP contribution in [0.3, 0.4) is 0 Å². The molecule has 35 heavy (non-hydrogen) atoms. The van der Waals surface area contributed by atoms with Crippen molar-refractivity contribution in [2.45, 2.75) is 83.2 Å². The second-order valence-electron chi connectivity index (χ2n) is 11.1. The molecule has 10 heteroatoms. The molecule has 192 valence electrons. The zero-order chi connectivity index (χ0) is 25.5. The Kier molecular flexibility index (Phi) is 6.78. The van der Waals surface area contributed by atoms with E-state index < -0.39 is 29.4 Å². The van der Waals surface area contributed by atoms with Crippen LogP contribution in [-0.2, 0) is 10.4 Å². The number of hydrogen-bond acceptors (Lipinski definition) is 5. The highest BCUT2D eigenvalue weighted by molar-refractivity contribution is 5.86. The van der Waals surface area contributed by atoms with E-state index in [-0.39, 0.29) is 30.7 Å². The number of rotatable bonds is 5. The summed E-state index contributed by atoms with van der Waals surface area (Å²) in [5, 5.41) is 25.7. The second kappa shape index (κ2) is 9.37. The number of aliphatic hydroxyl groups is 1. The minimum atomic E-state index is -1.16. The molecule has 2 aromatic heterocycles. The van der Waals surface area contributed by atoms with Crippen molar-refractivity contribution >= 4 is 17.6 Å². The number of fused-ring (bicyclic) bond motifs is 1. The standard InChI is InChI=1S/C25H36FN5O4/c1-16(21(31(23(33)34)24(2,3)4)22(32)29-12-9-19(26)14-29)17-7-10-25(35,11-8-17)18-5-6-20-27-15-28-30(20)13-18/h5-6,13,15-17,19,21,35H,7-12,14H2,1-4H3,(H,33,34)/t16-,17?,19+,21+,25?/m1/s1. The van der Waals surface area contributed by atoms with Gasteiger partial charge in [0.15, 0.2) is 5.65 Å². The summed E-state index contributed by atoms with van der Waals surface area (Å²) >= 11 is 0. The molecule has 1 aliphatic carbocycles. The van der Waals surface area contributed by atoms with E-state index >= 15 is 0 Å². The lowest BCUT2D eigenvalue weighted by Gasteiger charge is -2.46.